The maximum absolute atomic E-state index is 13.4. The number of anilines is 1. The zero-order valence-corrected chi connectivity index (χ0v) is 15.2. The van der Waals surface area contributed by atoms with Gasteiger partial charge in [0.1, 0.15) is 5.75 Å². The van der Waals surface area contributed by atoms with Crippen LogP contribution in [0.2, 0.25) is 0 Å². The number of fused-ring (bicyclic) bond motifs is 1. The normalized spacial score (nSPS) is 21.3. The average molecular weight is 366 g/mol. The summed E-state index contributed by atoms with van der Waals surface area (Å²) in [7, 11) is 1.61. The minimum atomic E-state index is -0.536. The molecule has 1 aliphatic heterocycles. The molecule has 0 bridgehead atoms. The van der Waals surface area contributed by atoms with Gasteiger partial charge in [-0.2, -0.15) is 0 Å². The summed E-state index contributed by atoms with van der Waals surface area (Å²) in [5.41, 5.74) is 4.62. The van der Waals surface area contributed by atoms with E-state index < -0.39 is 11.3 Å². The molecule has 1 atom stereocenters. The van der Waals surface area contributed by atoms with Gasteiger partial charge in [-0.25, -0.2) is 5.48 Å². The highest BCUT2D eigenvalue weighted by Gasteiger charge is 2.49. The molecule has 0 radical (unpaired) electrons. The van der Waals surface area contributed by atoms with Crippen molar-refractivity contribution in [3.05, 3.63) is 59.2 Å². The quantitative estimate of drug-likeness (QED) is 0.647. The second kappa shape index (κ2) is 6.70. The molecular formula is C21H22N2O4. The third-order valence-electron chi connectivity index (χ3n) is 5.86. The van der Waals surface area contributed by atoms with Crippen molar-refractivity contribution in [3.8, 4) is 5.75 Å². The first-order chi connectivity index (χ1) is 13.1. The highest BCUT2D eigenvalue weighted by molar-refractivity contribution is 6.01. The molecule has 2 amide bonds. The summed E-state index contributed by atoms with van der Waals surface area (Å²) in [4.78, 5) is 26.9. The molecule has 1 unspecified atom stereocenters. The number of hydrogen-bond donors (Lipinski definition) is 2. The summed E-state index contributed by atoms with van der Waals surface area (Å²) in [5.74, 6) is 0.279. The Morgan fingerprint density at radius 1 is 1.19 bits per heavy atom. The Morgan fingerprint density at radius 2 is 2.00 bits per heavy atom. The minimum absolute atomic E-state index is 0.120. The van der Waals surface area contributed by atoms with Crippen LogP contribution in [-0.2, 0) is 17.6 Å². The fourth-order valence-electron chi connectivity index (χ4n) is 4.37. The first kappa shape index (κ1) is 17.5. The molecule has 1 saturated heterocycles. The van der Waals surface area contributed by atoms with Gasteiger partial charge < -0.3 is 9.64 Å². The lowest BCUT2D eigenvalue weighted by molar-refractivity contribution is -0.126. The smallest absolute Gasteiger partial charge is 0.274 e. The molecule has 140 valence electrons. The van der Waals surface area contributed by atoms with E-state index in [0.29, 0.717) is 24.3 Å². The van der Waals surface area contributed by atoms with Crippen molar-refractivity contribution in [2.75, 3.05) is 18.6 Å². The van der Waals surface area contributed by atoms with Gasteiger partial charge in [0.25, 0.3) is 5.91 Å². The van der Waals surface area contributed by atoms with Gasteiger partial charge >= 0.3 is 0 Å². The molecule has 6 nitrogen and oxygen atoms in total. The number of nitrogens with zero attached hydrogens (tertiary/aromatic N) is 1. The van der Waals surface area contributed by atoms with Crippen molar-refractivity contribution in [3.63, 3.8) is 0 Å². The number of nitrogens with one attached hydrogen (secondary N) is 1. The zero-order valence-electron chi connectivity index (χ0n) is 15.2. The molecule has 27 heavy (non-hydrogen) atoms. The molecule has 2 aromatic rings. The van der Waals surface area contributed by atoms with E-state index in [1.54, 1.807) is 24.7 Å². The number of para-hydroxylation sites is 2. The van der Waals surface area contributed by atoms with Gasteiger partial charge in [-0.1, -0.05) is 18.2 Å². The SMILES string of the molecule is COc1ccccc1N1CCC2(CCc3ccc(C(=O)NO)cc3C2)C1=O. The monoisotopic (exact) mass is 366 g/mol. The lowest BCUT2D eigenvalue weighted by atomic mass is 9.70. The number of aryl methyl sites for hydroxylation is 1. The fraction of sp³-hybridized carbons (Fsp3) is 0.333. The van der Waals surface area contributed by atoms with Gasteiger partial charge in [0.05, 0.1) is 18.2 Å². The van der Waals surface area contributed by atoms with Crippen molar-refractivity contribution >= 4 is 17.5 Å². The van der Waals surface area contributed by atoms with Crippen LogP contribution < -0.4 is 15.1 Å². The molecule has 0 saturated carbocycles. The summed E-state index contributed by atoms with van der Waals surface area (Å²) in [6, 6.07) is 13.0. The summed E-state index contributed by atoms with van der Waals surface area (Å²) < 4.78 is 5.43. The third-order valence-corrected chi connectivity index (χ3v) is 5.86. The Morgan fingerprint density at radius 3 is 2.78 bits per heavy atom. The number of ether oxygens (including phenoxy) is 1. The molecular weight excluding hydrogens is 344 g/mol. The summed E-state index contributed by atoms with van der Waals surface area (Å²) in [6.45, 7) is 0.658. The number of benzene rings is 2. The van der Waals surface area contributed by atoms with E-state index in [1.807, 2.05) is 35.2 Å². The number of rotatable bonds is 3. The minimum Gasteiger partial charge on any atom is -0.495 e. The fourth-order valence-corrected chi connectivity index (χ4v) is 4.37. The number of methoxy groups -OCH3 is 1. The Bertz CT molecular complexity index is 911. The lowest BCUT2D eigenvalue weighted by Gasteiger charge is -2.33. The highest BCUT2D eigenvalue weighted by Crippen LogP contribution is 2.46. The van der Waals surface area contributed by atoms with Crippen LogP contribution in [0.1, 0.15) is 34.3 Å². The molecule has 2 N–H and O–H groups in total. The molecule has 1 spiro atoms. The van der Waals surface area contributed by atoms with Gasteiger partial charge in [0.15, 0.2) is 0 Å². The number of hydroxylamine groups is 1. The maximum Gasteiger partial charge on any atom is 0.274 e. The van der Waals surface area contributed by atoms with Crippen LogP contribution in [0, 0.1) is 5.41 Å². The van der Waals surface area contributed by atoms with Gasteiger partial charge in [-0.05, 0) is 61.1 Å². The second-order valence-electron chi connectivity index (χ2n) is 7.26. The summed E-state index contributed by atoms with van der Waals surface area (Å²) in [5, 5.41) is 8.88. The maximum atomic E-state index is 13.4. The lowest BCUT2D eigenvalue weighted by Crippen LogP contribution is -2.39. The van der Waals surface area contributed by atoms with Gasteiger partial charge in [-0.3, -0.25) is 14.8 Å². The van der Waals surface area contributed by atoms with E-state index in [4.69, 9.17) is 9.94 Å². The Hall–Kier alpha value is -2.86. The molecule has 4 rings (SSSR count). The second-order valence-corrected chi connectivity index (χ2v) is 7.26. The van der Waals surface area contributed by atoms with Gasteiger partial charge in [-0.15, -0.1) is 0 Å². The summed E-state index contributed by atoms with van der Waals surface area (Å²) >= 11 is 0. The molecule has 2 aromatic carbocycles. The van der Waals surface area contributed by atoms with Gasteiger partial charge in [0.2, 0.25) is 5.91 Å². The highest BCUT2D eigenvalue weighted by atomic mass is 16.5. The van der Waals surface area contributed by atoms with Crippen LogP contribution in [0.4, 0.5) is 5.69 Å². The van der Waals surface area contributed by atoms with E-state index in [9.17, 15) is 9.59 Å². The largest absolute Gasteiger partial charge is 0.495 e. The van der Waals surface area contributed by atoms with E-state index >= 15 is 0 Å². The van der Waals surface area contributed by atoms with Crippen LogP contribution in [0.5, 0.6) is 5.75 Å². The molecule has 1 aliphatic carbocycles. The van der Waals surface area contributed by atoms with Crippen molar-refractivity contribution in [2.45, 2.75) is 25.7 Å². The van der Waals surface area contributed by atoms with Crippen molar-refractivity contribution in [1.82, 2.24) is 5.48 Å². The van der Waals surface area contributed by atoms with E-state index in [0.717, 1.165) is 30.5 Å². The zero-order chi connectivity index (χ0) is 19.0. The van der Waals surface area contributed by atoms with E-state index in [1.165, 1.54) is 5.56 Å². The number of amides is 2. The number of hydrogen-bond acceptors (Lipinski definition) is 4. The molecule has 2 aliphatic rings. The molecule has 1 fully saturated rings. The van der Waals surface area contributed by atoms with Crippen molar-refractivity contribution < 1.29 is 19.5 Å². The first-order valence-electron chi connectivity index (χ1n) is 9.09. The number of carbonyl (C=O) groups is 2. The van der Waals surface area contributed by atoms with Crippen molar-refractivity contribution in [1.29, 1.82) is 0 Å². The standard InChI is InChI=1S/C21H22N2O4/c1-27-18-5-3-2-4-17(18)23-11-10-21(20(23)25)9-8-14-6-7-15(19(24)22-26)12-16(14)13-21/h2-7,12,26H,8-11,13H2,1H3,(H,22,24). The van der Waals surface area contributed by atoms with Crippen LogP contribution in [0.15, 0.2) is 42.5 Å². The Kier molecular flexibility index (Phi) is 4.36. The van der Waals surface area contributed by atoms with Gasteiger partial charge in [0, 0.05) is 12.1 Å². The molecule has 6 heteroatoms. The van der Waals surface area contributed by atoms with E-state index in [2.05, 4.69) is 0 Å². The van der Waals surface area contributed by atoms with Crippen molar-refractivity contribution in [2.24, 2.45) is 5.41 Å². The molecule has 1 heterocycles. The third kappa shape index (κ3) is 2.86. The summed E-state index contributed by atoms with van der Waals surface area (Å²) in [6.07, 6.45) is 3.00. The van der Waals surface area contributed by atoms with Crippen LogP contribution in [0.25, 0.3) is 0 Å². The Balaban J connectivity index is 1.64. The average Bonchev–Trinajstić information content (AvgIpc) is 3.02. The van der Waals surface area contributed by atoms with Crippen LogP contribution in [0.3, 0.4) is 0 Å². The van der Waals surface area contributed by atoms with Crippen LogP contribution in [-0.4, -0.2) is 30.7 Å². The first-order valence-corrected chi connectivity index (χ1v) is 9.09. The predicted molar refractivity (Wildman–Crippen MR) is 100 cm³/mol. The Labute approximate surface area is 157 Å². The number of carbonyl (C=O) groups excluding carboxylic acids is 2. The predicted octanol–water partition coefficient (Wildman–Crippen LogP) is 2.73. The topological polar surface area (TPSA) is 78.9 Å². The van der Waals surface area contributed by atoms with Crippen LogP contribution >= 0.6 is 0 Å². The van der Waals surface area contributed by atoms with E-state index in [-0.39, 0.29) is 5.91 Å². The molecule has 0 aromatic heterocycles.